The summed E-state index contributed by atoms with van der Waals surface area (Å²) in [5, 5.41) is 0.282. The molecule has 148 valence electrons. The van der Waals surface area contributed by atoms with E-state index < -0.39 is 29.9 Å². The molecule has 2 aromatic rings. The number of ether oxygens (including phenoxy) is 1. The molecule has 0 saturated carbocycles. The average Bonchev–Trinajstić information content (AvgIpc) is 2.52. The van der Waals surface area contributed by atoms with Gasteiger partial charge in [-0.2, -0.15) is 13.2 Å². The topological polar surface area (TPSA) is 48.1 Å². The molecule has 0 amide bonds. The maximum atomic E-state index is 13.8. The van der Waals surface area contributed by atoms with E-state index >= 15 is 0 Å². The van der Waals surface area contributed by atoms with E-state index in [1.54, 1.807) is 12.1 Å². The Hall–Kier alpha value is -1.86. The summed E-state index contributed by atoms with van der Waals surface area (Å²) in [6.07, 6.45) is -3.80. The molecule has 0 bridgehead atoms. The number of benzene rings is 1. The number of aromatic nitrogens is 1. The summed E-state index contributed by atoms with van der Waals surface area (Å²) < 4.78 is 58.9. The fraction of sp³-hybridized carbons (Fsp3) is 0.421. The fourth-order valence-electron chi connectivity index (χ4n) is 3.39. The number of hydrogen-bond donors (Lipinski definition) is 1. The highest BCUT2D eigenvalue weighted by molar-refractivity contribution is 6.29. The van der Waals surface area contributed by atoms with Crippen molar-refractivity contribution in [2.24, 2.45) is 5.73 Å². The van der Waals surface area contributed by atoms with E-state index in [0.717, 1.165) is 17.7 Å². The van der Waals surface area contributed by atoms with Gasteiger partial charge in [0.2, 0.25) is 0 Å². The molecule has 1 aromatic heterocycles. The van der Waals surface area contributed by atoms with Crippen molar-refractivity contribution in [3.8, 4) is 5.75 Å². The average molecular weight is 405 g/mol. The Kier molecular flexibility index (Phi) is 6.70. The van der Waals surface area contributed by atoms with Crippen LogP contribution in [0.15, 0.2) is 36.5 Å². The fourth-order valence-corrected chi connectivity index (χ4v) is 3.59. The van der Waals surface area contributed by atoms with Gasteiger partial charge in [-0.15, -0.1) is 0 Å². The van der Waals surface area contributed by atoms with E-state index in [1.807, 2.05) is 0 Å². The van der Waals surface area contributed by atoms with Crippen LogP contribution in [0.1, 0.15) is 30.9 Å². The SMILES string of the molecule is COc1ccc(F)cc1C(C)(CC(N)Cc1ccnc(Cl)c1)CC(F)(F)F. The van der Waals surface area contributed by atoms with Gasteiger partial charge in [0.05, 0.1) is 13.5 Å². The Balaban J connectivity index is 2.35. The van der Waals surface area contributed by atoms with E-state index in [-0.39, 0.29) is 22.9 Å². The lowest BCUT2D eigenvalue weighted by molar-refractivity contribution is -0.148. The molecule has 2 N–H and O–H groups in total. The van der Waals surface area contributed by atoms with Gasteiger partial charge >= 0.3 is 6.18 Å². The maximum Gasteiger partial charge on any atom is 0.389 e. The number of hydrogen-bond acceptors (Lipinski definition) is 3. The Morgan fingerprint density at radius 2 is 1.93 bits per heavy atom. The number of halogens is 5. The van der Waals surface area contributed by atoms with Crippen LogP contribution in [-0.4, -0.2) is 24.3 Å². The van der Waals surface area contributed by atoms with Crippen molar-refractivity contribution in [3.63, 3.8) is 0 Å². The molecule has 0 fully saturated rings. The van der Waals surface area contributed by atoms with Crippen molar-refractivity contribution >= 4 is 11.6 Å². The Morgan fingerprint density at radius 3 is 2.52 bits per heavy atom. The summed E-state index contributed by atoms with van der Waals surface area (Å²) in [5.74, 6) is -0.434. The van der Waals surface area contributed by atoms with Crippen molar-refractivity contribution in [2.45, 2.75) is 43.8 Å². The van der Waals surface area contributed by atoms with Crippen LogP contribution in [0.5, 0.6) is 5.75 Å². The van der Waals surface area contributed by atoms with Crippen LogP contribution in [0.25, 0.3) is 0 Å². The van der Waals surface area contributed by atoms with E-state index in [0.29, 0.717) is 6.42 Å². The number of alkyl halides is 3. The van der Waals surface area contributed by atoms with Crippen LogP contribution >= 0.6 is 11.6 Å². The first kappa shape index (κ1) is 21.4. The van der Waals surface area contributed by atoms with Gasteiger partial charge in [-0.05, 0) is 48.7 Å². The summed E-state index contributed by atoms with van der Waals surface area (Å²) in [5.41, 5.74) is 5.62. The van der Waals surface area contributed by atoms with Gasteiger partial charge in [0.1, 0.15) is 16.7 Å². The highest BCUT2D eigenvalue weighted by Crippen LogP contribution is 2.43. The highest BCUT2D eigenvalue weighted by Gasteiger charge is 2.43. The van der Waals surface area contributed by atoms with E-state index in [2.05, 4.69) is 4.98 Å². The molecule has 0 spiro atoms. The first-order valence-corrected chi connectivity index (χ1v) is 8.67. The zero-order valence-electron chi connectivity index (χ0n) is 15.0. The predicted octanol–water partition coefficient (Wildman–Crippen LogP) is 5.05. The van der Waals surface area contributed by atoms with Gasteiger partial charge in [0, 0.05) is 23.2 Å². The van der Waals surface area contributed by atoms with Gasteiger partial charge in [0.15, 0.2) is 0 Å². The summed E-state index contributed by atoms with van der Waals surface area (Å²) in [7, 11) is 1.34. The highest BCUT2D eigenvalue weighted by atomic mass is 35.5. The molecule has 0 aliphatic heterocycles. The number of nitrogens with two attached hydrogens (primary N) is 1. The molecule has 3 nitrogen and oxygen atoms in total. The van der Waals surface area contributed by atoms with Crippen LogP contribution in [0.2, 0.25) is 5.15 Å². The quantitative estimate of drug-likeness (QED) is 0.518. The second-order valence-corrected chi connectivity index (χ2v) is 7.24. The summed E-state index contributed by atoms with van der Waals surface area (Å²) in [6, 6.07) is 6.27. The van der Waals surface area contributed by atoms with Crippen molar-refractivity contribution in [1.82, 2.24) is 4.98 Å². The summed E-state index contributed by atoms with van der Waals surface area (Å²) in [4.78, 5) is 3.87. The smallest absolute Gasteiger partial charge is 0.389 e. The number of nitrogens with zero attached hydrogens (tertiary/aromatic N) is 1. The third-order valence-electron chi connectivity index (χ3n) is 4.40. The lowest BCUT2D eigenvalue weighted by Crippen LogP contribution is -2.38. The number of pyridine rings is 1. The normalized spacial score (nSPS) is 15.3. The molecule has 0 aliphatic rings. The summed E-state index contributed by atoms with van der Waals surface area (Å²) >= 11 is 5.84. The Bertz CT molecular complexity index is 785. The largest absolute Gasteiger partial charge is 0.496 e. The first-order chi connectivity index (χ1) is 12.5. The van der Waals surface area contributed by atoms with E-state index in [4.69, 9.17) is 22.1 Å². The lowest BCUT2D eigenvalue weighted by atomic mass is 9.73. The Labute approximate surface area is 160 Å². The van der Waals surface area contributed by atoms with Crippen LogP contribution in [-0.2, 0) is 11.8 Å². The van der Waals surface area contributed by atoms with E-state index in [9.17, 15) is 17.6 Å². The molecule has 2 rings (SSSR count). The monoisotopic (exact) mass is 404 g/mol. The van der Waals surface area contributed by atoms with Crippen LogP contribution < -0.4 is 10.5 Å². The minimum atomic E-state index is -4.45. The van der Waals surface area contributed by atoms with Gasteiger partial charge < -0.3 is 10.5 Å². The molecule has 1 aromatic carbocycles. The summed E-state index contributed by atoms with van der Waals surface area (Å²) in [6.45, 7) is 1.43. The third kappa shape index (κ3) is 6.07. The minimum Gasteiger partial charge on any atom is -0.496 e. The van der Waals surface area contributed by atoms with Gasteiger partial charge in [0.25, 0.3) is 0 Å². The molecule has 0 aliphatic carbocycles. The molecular weight excluding hydrogens is 384 g/mol. The van der Waals surface area contributed by atoms with Crippen molar-refractivity contribution in [2.75, 3.05) is 7.11 Å². The molecule has 27 heavy (non-hydrogen) atoms. The third-order valence-corrected chi connectivity index (χ3v) is 4.61. The van der Waals surface area contributed by atoms with Crippen molar-refractivity contribution in [1.29, 1.82) is 0 Å². The van der Waals surface area contributed by atoms with Gasteiger partial charge in [-0.25, -0.2) is 9.37 Å². The lowest BCUT2D eigenvalue weighted by Gasteiger charge is -2.34. The zero-order valence-corrected chi connectivity index (χ0v) is 15.7. The standard InChI is InChI=1S/C19H21ClF4N2O/c1-18(11-19(22,23)24,15-9-13(21)3-4-16(15)27-2)10-14(25)7-12-5-6-26-17(20)8-12/h3-6,8-9,14H,7,10-11,25H2,1-2H3. The molecule has 1 heterocycles. The second kappa shape index (κ2) is 8.44. The van der Waals surface area contributed by atoms with Crippen LogP contribution in [0, 0.1) is 5.82 Å². The molecule has 2 unspecified atom stereocenters. The van der Waals surface area contributed by atoms with E-state index in [1.165, 1.54) is 26.3 Å². The minimum absolute atomic E-state index is 0.0216. The van der Waals surface area contributed by atoms with Crippen molar-refractivity contribution in [3.05, 3.63) is 58.6 Å². The molecule has 2 atom stereocenters. The predicted molar refractivity (Wildman–Crippen MR) is 96.5 cm³/mol. The Morgan fingerprint density at radius 1 is 1.22 bits per heavy atom. The number of rotatable bonds is 7. The molecule has 0 saturated heterocycles. The first-order valence-electron chi connectivity index (χ1n) is 8.29. The van der Waals surface area contributed by atoms with Crippen molar-refractivity contribution < 1.29 is 22.3 Å². The molecule has 0 radical (unpaired) electrons. The van der Waals surface area contributed by atoms with Crippen LogP contribution in [0.4, 0.5) is 17.6 Å². The van der Waals surface area contributed by atoms with Gasteiger partial charge in [-0.1, -0.05) is 18.5 Å². The second-order valence-electron chi connectivity index (χ2n) is 6.85. The van der Waals surface area contributed by atoms with Gasteiger partial charge in [-0.3, -0.25) is 0 Å². The molecular formula is C19H21ClF4N2O. The number of methoxy groups -OCH3 is 1. The van der Waals surface area contributed by atoms with Crippen LogP contribution in [0.3, 0.4) is 0 Å². The molecule has 8 heteroatoms. The zero-order chi connectivity index (χ0) is 20.2. The maximum absolute atomic E-state index is 13.8.